The number of pyridine rings is 1. The minimum atomic E-state index is 0.209. The van der Waals surface area contributed by atoms with Gasteiger partial charge in [0, 0.05) is 12.3 Å². The van der Waals surface area contributed by atoms with Crippen LogP contribution >= 0.6 is 15.9 Å². The molecule has 17 heavy (non-hydrogen) atoms. The van der Waals surface area contributed by atoms with Gasteiger partial charge in [-0.15, -0.1) is 0 Å². The third kappa shape index (κ3) is 1.63. The molecule has 0 aromatic carbocycles. The topological polar surface area (TPSA) is 50.7 Å². The van der Waals surface area contributed by atoms with Gasteiger partial charge in [0.25, 0.3) is 0 Å². The van der Waals surface area contributed by atoms with E-state index in [4.69, 9.17) is 4.42 Å². The number of fused-ring (bicyclic) bond motifs is 1. The average molecular weight is 293 g/mol. The van der Waals surface area contributed by atoms with Gasteiger partial charge in [0.15, 0.2) is 11.6 Å². The monoisotopic (exact) mass is 292 g/mol. The van der Waals surface area contributed by atoms with Crippen LogP contribution in [0.15, 0.2) is 39.5 Å². The highest BCUT2D eigenvalue weighted by molar-refractivity contribution is 9.10. The third-order valence-electron chi connectivity index (χ3n) is 2.54. The first-order valence-corrected chi connectivity index (χ1v) is 5.88. The van der Waals surface area contributed by atoms with Crippen molar-refractivity contribution in [3.8, 4) is 17.3 Å². The van der Waals surface area contributed by atoms with E-state index in [2.05, 4.69) is 20.9 Å². The Hall–Kier alpha value is -1.75. The lowest BCUT2D eigenvalue weighted by molar-refractivity contribution is 0.475. The van der Waals surface area contributed by atoms with Crippen LogP contribution in [0.1, 0.15) is 5.76 Å². The van der Waals surface area contributed by atoms with Crippen LogP contribution in [0.4, 0.5) is 0 Å². The third-order valence-corrected chi connectivity index (χ3v) is 3.13. The lowest BCUT2D eigenvalue weighted by atomic mass is 10.4. The zero-order valence-electron chi connectivity index (χ0n) is 9.01. The molecule has 4 nitrogen and oxygen atoms in total. The van der Waals surface area contributed by atoms with Gasteiger partial charge in [-0.2, -0.15) is 0 Å². The number of hydrogen-bond acceptors (Lipinski definition) is 3. The Labute approximate surface area is 106 Å². The highest BCUT2D eigenvalue weighted by Crippen LogP contribution is 2.28. The molecule has 0 unspecified atom stereocenters. The zero-order valence-corrected chi connectivity index (χ0v) is 10.6. The second-order valence-corrected chi connectivity index (χ2v) is 4.53. The van der Waals surface area contributed by atoms with E-state index in [0.717, 1.165) is 11.3 Å². The summed E-state index contributed by atoms with van der Waals surface area (Å²) in [4.78, 5) is 4.39. The van der Waals surface area contributed by atoms with E-state index in [9.17, 15) is 5.11 Å². The van der Waals surface area contributed by atoms with E-state index in [1.807, 2.05) is 23.5 Å². The number of halogens is 1. The van der Waals surface area contributed by atoms with Crippen molar-refractivity contribution in [1.29, 1.82) is 0 Å². The molecule has 0 radical (unpaired) electrons. The van der Waals surface area contributed by atoms with Gasteiger partial charge in [0.1, 0.15) is 16.1 Å². The fourth-order valence-electron chi connectivity index (χ4n) is 1.77. The number of aromatic nitrogens is 2. The summed E-state index contributed by atoms with van der Waals surface area (Å²) in [5.41, 5.74) is 0.800. The van der Waals surface area contributed by atoms with Gasteiger partial charge in [-0.3, -0.25) is 4.40 Å². The summed E-state index contributed by atoms with van der Waals surface area (Å²) >= 11 is 3.37. The number of furan rings is 1. The van der Waals surface area contributed by atoms with Gasteiger partial charge in [-0.05, 0) is 41.1 Å². The molecular formula is C12H9BrN2O2. The largest absolute Gasteiger partial charge is 0.508 e. The van der Waals surface area contributed by atoms with Crippen LogP contribution in [0.2, 0.25) is 0 Å². The van der Waals surface area contributed by atoms with Crippen LogP contribution in [0.5, 0.6) is 5.75 Å². The van der Waals surface area contributed by atoms with Crippen LogP contribution < -0.4 is 0 Å². The quantitative estimate of drug-likeness (QED) is 0.748. The zero-order chi connectivity index (χ0) is 12.0. The van der Waals surface area contributed by atoms with Crippen molar-refractivity contribution < 1.29 is 9.52 Å². The molecule has 1 N–H and O–H groups in total. The molecular weight excluding hydrogens is 284 g/mol. The first-order chi connectivity index (χ1) is 8.15. The molecule has 3 rings (SSSR count). The standard InChI is InChI=1S/C12H9BrN2O2/c1-7-2-3-10(17-7)12-14-11(13)9-6-8(16)4-5-15(9)12/h2-6,16H,1H3. The Bertz CT molecular complexity index is 700. The molecule has 5 heteroatoms. The molecule has 3 aromatic rings. The minimum Gasteiger partial charge on any atom is -0.508 e. The summed E-state index contributed by atoms with van der Waals surface area (Å²) < 4.78 is 8.10. The van der Waals surface area contributed by atoms with E-state index in [0.29, 0.717) is 16.2 Å². The summed E-state index contributed by atoms with van der Waals surface area (Å²) in [6.45, 7) is 1.89. The number of aromatic hydroxyl groups is 1. The van der Waals surface area contributed by atoms with Crippen LogP contribution in [0.25, 0.3) is 17.1 Å². The van der Waals surface area contributed by atoms with Crippen LogP contribution in [-0.4, -0.2) is 14.5 Å². The summed E-state index contributed by atoms with van der Waals surface area (Å²) in [6.07, 6.45) is 1.76. The lowest BCUT2D eigenvalue weighted by Gasteiger charge is -1.98. The summed E-state index contributed by atoms with van der Waals surface area (Å²) in [5.74, 6) is 2.46. The average Bonchev–Trinajstić information content (AvgIpc) is 2.84. The van der Waals surface area contributed by atoms with E-state index in [1.54, 1.807) is 18.3 Å². The number of aryl methyl sites for hydroxylation is 1. The molecule has 0 saturated carbocycles. The molecule has 0 aliphatic heterocycles. The number of rotatable bonds is 1. The van der Waals surface area contributed by atoms with Crippen molar-refractivity contribution in [1.82, 2.24) is 9.38 Å². The van der Waals surface area contributed by atoms with Crippen molar-refractivity contribution >= 4 is 21.4 Å². The van der Waals surface area contributed by atoms with Gasteiger partial charge in [-0.1, -0.05) is 0 Å². The Balaban J connectivity index is 2.31. The Morgan fingerprint density at radius 3 is 2.88 bits per heavy atom. The predicted molar refractivity (Wildman–Crippen MR) is 67.0 cm³/mol. The molecule has 3 aromatic heterocycles. The maximum Gasteiger partial charge on any atom is 0.181 e. The van der Waals surface area contributed by atoms with E-state index in [1.165, 1.54) is 0 Å². The van der Waals surface area contributed by atoms with Gasteiger partial charge >= 0.3 is 0 Å². The van der Waals surface area contributed by atoms with Crippen molar-refractivity contribution in [2.75, 3.05) is 0 Å². The number of imidazole rings is 1. The van der Waals surface area contributed by atoms with Crippen molar-refractivity contribution in [2.24, 2.45) is 0 Å². The maximum atomic E-state index is 9.45. The van der Waals surface area contributed by atoms with Gasteiger partial charge in [-0.25, -0.2) is 4.98 Å². The van der Waals surface area contributed by atoms with E-state index in [-0.39, 0.29) is 5.75 Å². The van der Waals surface area contributed by atoms with E-state index >= 15 is 0 Å². The predicted octanol–water partition coefficient (Wildman–Crippen LogP) is 3.37. The molecule has 0 bridgehead atoms. The molecule has 0 saturated heterocycles. The molecule has 3 heterocycles. The lowest BCUT2D eigenvalue weighted by Crippen LogP contribution is -1.86. The second kappa shape index (κ2) is 3.63. The van der Waals surface area contributed by atoms with Crippen LogP contribution in [-0.2, 0) is 0 Å². The van der Waals surface area contributed by atoms with E-state index < -0.39 is 0 Å². The second-order valence-electron chi connectivity index (χ2n) is 3.78. The minimum absolute atomic E-state index is 0.209. The molecule has 0 spiro atoms. The van der Waals surface area contributed by atoms with Crippen molar-refractivity contribution in [2.45, 2.75) is 6.92 Å². The van der Waals surface area contributed by atoms with Gasteiger partial charge in [0.2, 0.25) is 0 Å². The summed E-state index contributed by atoms with van der Waals surface area (Å²) in [6, 6.07) is 7.03. The maximum absolute atomic E-state index is 9.45. The van der Waals surface area contributed by atoms with Crippen molar-refractivity contribution in [3.63, 3.8) is 0 Å². The first-order valence-electron chi connectivity index (χ1n) is 5.08. The van der Waals surface area contributed by atoms with Crippen LogP contribution in [0, 0.1) is 6.92 Å². The molecule has 0 aliphatic rings. The fourth-order valence-corrected chi connectivity index (χ4v) is 2.24. The number of hydrogen-bond donors (Lipinski definition) is 1. The number of nitrogens with zero attached hydrogens (tertiary/aromatic N) is 2. The Kier molecular flexibility index (Phi) is 2.22. The Morgan fingerprint density at radius 2 is 2.18 bits per heavy atom. The smallest absolute Gasteiger partial charge is 0.181 e. The van der Waals surface area contributed by atoms with Crippen LogP contribution in [0.3, 0.4) is 0 Å². The first kappa shape index (κ1) is 10.4. The summed E-state index contributed by atoms with van der Waals surface area (Å²) in [7, 11) is 0. The molecule has 0 amide bonds. The highest BCUT2D eigenvalue weighted by Gasteiger charge is 2.13. The molecule has 0 aliphatic carbocycles. The van der Waals surface area contributed by atoms with Crippen molar-refractivity contribution in [3.05, 3.63) is 40.8 Å². The molecule has 0 fully saturated rings. The van der Waals surface area contributed by atoms with Gasteiger partial charge in [0.05, 0.1) is 5.52 Å². The highest BCUT2D eigenvalue weighted by atomic mass is 79.9. The SMILES string of the molecule is Cc1ccc(-c2nc(Br)c3cc(O)ccn23)o1. The molecule has 0 atom stereocenters. The summed E-state index contributed by atoms with van der Waals surface area (Å²) in [5, 5.41) is 9.45. The Morgan fingerprint density at radius 1 is 1.35 bits per heavy atom. The normalized spacial score (nSPS) is 11.2. The molecule has 86 valence electrons. The fraction of sp³-hybridized carbons (Fsp3) is 0.0833. The van der Waals surface area contributed by atoms with Gasteiger partial charge < -0.3 is 9.52 Å².